The fraction of sp³-hybridized carbons (Fsp3) is 0.556. The van der Waals surface area contributed by atoms with E-state index in [1.54, 1.807) is 19.9 Å². The summed E-state index contributed by atoms with van der Waals surface area (Å²) in [5.41, 5.74) is 1.52. The molecule has 0 unspecified atom stereocenters. The van der Waals surface area contributed by atoms with Gasteiger partial charge in [-0.25, -0.2) is 0 Å². The molecule has 148 valence electrons. The number of nitro benzene ring substituents is 1. The van der Waals surface area contributed by atoms with Crippen LogP contribution in [0.3, 0.4) is 0 Å². The van der Waals surface area contributed by atoms with Crippen molar-refractivity contribution in [1.82, 2.24) is 0 Å². The van der Waals surface area contributed by atoms with Crippen LogP contribution in [-0.4, -0.2) is 34.4 Å². The molecule has 0 spiro atoms. The van der Waals surface area contributed by atoms with Crippen molar-refractivity contribution >= 4 is 44.8 Å². The Hall–Kier alpha value is -1.74. The quantitative estimate of drug-likeness (QED) is 0.211. The first-order valence-corrected chi connectivity index (χ1v) is 11.2. The number of benzene rings is 1. The molecule has 27 heavy (non-hydrogen) atoms. The predicted octanol–water partition coefficient (Wildman–Crippen LogP) is 4.41. The molecular formula is C18H24N2O5S2. The number of aryl methyl sites for hydroxylation is 2. The van der Waals surface area contributed by atoms with Crippen LogP contribution in [0.2, 0.25) is 0 Å². The highest BCUT2D eigenvalue weighted by Crippen LogP contribution is 2.39. The summed E-state index contributed by atoms with van der Waals surface area (Å²) in [5, 5.41) is 14.3. The molecular weight excluding hydrogens is 388 g/mol. The molecule has 1 aromatic carbocycles. The molecule has 0 aromatic heterocycles. The minimum atomic E-state index is -0.589. The van der Waals surface area contributed by atoms with Crippen LogP contribution in [-0.2, 0) is 14.3 Å². The molecule has 0 bridgehead atoms. The summed E-state index contributed by atoms with van der Waals surface area (Å²) in [6.45, 7) is 3.12. The van der Waals surface area contributed by atoms with E-state index in [9.17, 15) is 19.7 Å². The van der Waals surface area contributed by atoms with Crippen LogP contribution in [0.5, 0.6) is 0 Å². The molecule has 1 aliphatic heterocycles. The predicted molar refractivity (Wildman–Crippen MR) is 109 cm³/mol. The Kier molecular flexibility index (Phi) is 8.43. The number of carbonyl (C=O) groups is 2. The van der Waals surface area contributed by atoms with E-state index in [-0.39, 0.29) is 17.8 Å². The second-order valence-electron chi connectivity index (χ2n) is 6.49. The highest BCUT2D eigenvalue weighted by molar-refractivity contribution is 8.77. The molecule has 1 amide bonds. The summed E-state index contributed by atoms with van der Waals surface area (Å²) in [4.78, 5) is 34.3. The maximum absolute atomic E-state index is 12.0. The lowest BCUT2D eigenvalue weighted by Crippen LogP contribution is -2.21. The van der Waals surface area contributed by atoms with Gasteiger partial charge in [0.2, 0.25) is 0 Å². The van der Waals surface area contributed by atoms with Gasteiger partial charge in [0.15, 0.2) is 6.61 Å². The molecule has 0 saturated carbocycles. The lowest BCUT2D eigenvalue weighted by Gasteiger charge is -2.10. The third-order valence-electron chi connectivity index (χ3n) is 4.33. The van der Waals surface area contributed by atoms with Crippen molar-refractivity contribution in [3.8, 4) is 0 Å². The first-order chi connectivity index (χ1) is 12.9. The molecule has 1 heterocycles. The van der Waals surface area contributed by atoms with Crippen molar-refractivity contribution in [3.63, 3.8) is 0 Å². The van der Waals surface area contributed by atoms with E-state index in [0.717, 1.165) is 30.4 Å². The molecule has 1 atom stereocenters. The number of rotatable bonds is 9. The lowest BCUT2D eigenvalue weighted by atomic mass is 10.1. The normalized spacial score (nSPS) is 16.1. The molecule has 1 aromatic rings. The van der Waals surface area contributed by atoms with Crippen LogP contribution >= 0.6 is 21.6 Å². The van der Waals surface area contributed by atoms with Gasteiger partial charge in [-0.15, -0.1) is 0 Å². The van der Waals surface area contributed by atoms with Gasteiger partial charge in [0.1, 0.15) is 5.69 Å². The highest BCUT2D eigenvalue weighted by Gasteiger charge is 2.19. The largest absolute Gasteiger partial charge is 0.456 e. The maximum Gasteiger partial charge on any atom is 0.306 e. The number of hydrogen-bond acceptors (Lipinski definition) is 7. The standard InChI is InChI=1S/C18H24N2O5S2/c1-12-9-15(16(20(23)24)10-13(12)2)19-17(21)11-25-18(22)6-4-3-5-14-7-8-26-27-14/h9-10,14H,3-8,11H2,1-2H3,(H,19,21)/t14-/m0/s1. The molecule has 1 N–H and O–H groups in total. The number of nitro groups is 1. The van der Waals surface area contributed by atoms with E-state index in [0.29, 0.717) is 5.25 Å². The van der Waals surface area contributed by atoms with E-state index >= 15 is 0 Å². The lowest BCUT2D eigenvalue weighted by molar-refractivity contribution is -0.384. The first kappa shape index (κ1) is 21.6. The number of unbranched alkanes of at least 4 members (excludes halogenated alkanes) is 1. The zero-order valence-electron chi connectivity index (χ0n) is 15.5. The average Bonchev–Trinajstić information content (AvgIpc) is 3.13. The highest BCUT2D eigenvalue weighted by atomic mass is 33.1. The number of nitrogens with one attached hydrogen (secondary N) is 1. The third-order valence-corrected chi connectivity index (χ3v) is 7.34. The van der Waals surface area contributed by atoms with Gasteiger partial charge in [-0.2, -0.15) is 0 Å². The first-order valence-electron chi connectivity index (χ1n) is 8.86. The van der Waals surface area contributed by atoms with Crippen molar-refractivity contribution in [1.29, 1.82) is 0 Å². The summed E-state index contributed by atoms with van der Waals surface area (Å²) >= 11 is 0. The topological polar surface area (TPSA) is 98.5 Å². The molecule has 2 rings (SSSR count). The van der Waals surface area contributed by atoms with Crippen LogP contribution < -0.4 is 5.32 Å². The van der Waals surface area contributed by atoms with E-state index in [2.05, 4.69) is 5.32 Å². The summed E-state index contributed by atoms with van der Waals surface area (Å²) in [7, 11) is 3.82. The van der Waals surface area contributed by atoms with Gasteiger partial charge in [0, 0.05) is 23.5 Å². The number of nitrogens with zero attached hydrogens (tertiary/aromatic N) is 1. The molecule has 0 aliphatic carbocycles. The van der Waals surface area contributed by atoms with Crippen LogP contribution in [0, 0.1) is 24.0 Å². The summed E-state index contributed by atoms with van der Waals surface area (Å²) in [5.74, 6) is 0.188. The number of hydrogen-bond donors (Lipinski definition) is 1. The van der Waals surface area contributed by atoms with Gasteiger partial charge in [0.05, 0.1) is 4.92 Å². The Morgan fingerprint density at radius 2 is 2.04 bits per heavy atom. The number of amides is 1. The van der Waals surface area contributed by atoms with E-state index in [1.807, 2.05) is 21.6 Å². The monoisotopic (exact) mass is 412 g/mol. The Labute approximate surface area is 166 Å². The fourth-order valence-corrected chi connectivity index (χ4v) is 5.69. The van der Waals surface area contributed by atoms with Gasteiger partial charge in [0.25, 0.3) is 11.6 Å². The fourth-order valence-electron chi connectivity index (χ4n) is 2.66. The van der Waals surface area contributed by atoms with Crippen molar-refractivity contribution in [2.24, 2.45) is 0 Å². The van der Waals surface area contributed by atoms with Crippen molar-refractivity contribution in [3.05, 3.63) is 33.4 Å². The zero-order valence-corrected chi connectivity index (χ0v) is 17.1. The Balaban J connectivity index is 1.73. The Bertz CT molecular complexity index is 705. The van der Waals surface area contributed by atoms with Gasteiger partial charge in [-0.3, -0.25) is 19.7 Å². The van der Waals surface area contributed by atoms with Crippen molar-refractivity contribution in [2.75, 3.05) is 17.7 Å². The second-order valence-corrected chi connectivity index (χ2v) is 9.28. The summed E-state index contributed by atoms with van der Waals surface area (Å²) < 4.78 is 4.97. The van der Waals surface area contributed by atoms with Crippen LogP contribution in [0.15, 0.2) is 12.1 Å². The second kappa shape index (κ2) is 10.6. The van der Waals surface area contributed by atoms with Crippen molar-refractivity contribution < 1.29 is 19.2 Å². The number of anilines is 1. The molecule has 1 aliphatic rings. The smallest absolute Gasteiger partial charge is 0.306 e. The minimum Gasteiger partial charge on any atom is -0.456 e. The van der Waals surface area contributed by atoms with Crippen LogP contribution in [0.4, 0.5) is 11.4 Å². The summed E-state index contributed by atoms with van der Waals surface area (Å²) in [6, 6.07) is 2.96. The molecule has 1 saturated heterocycles. The van der Waals surface area contributed by atoms with Crippen LogP contribution in [0.1, 0.15) is 43.2 Å². The number of carbonyl (C=O) groups excluding carboxylic acids is 2. The van der Waals surface area contributed by atoms with Gasteiger partial charge in [-0.1, -0.05) is 28.0 Å². The Morgan fingerprint density at radius 1 is 1.30 bits per heavy atom. The van der Waals surface area contributed by atoms with Gasteiger partial charge < -0.3 is 10.1 Å². The summed E-state index contributed by atoms with van der Waals surface area (Å²) in [6.07, 6.45) is 4.31. The molecule has 7 nitrogen and oxygen atoms in total. The van der Waals surface area contributed by atoms with Gasteiger partial charge >= 0.3 is 5.97 Å². The minimum absolute atomic E-state index is 0.107. The molecule has 9 heteroatoms. The van der Waals surface area contributed by atoms with E-state index < -0.39 is 23.4 Å². The van der Waals surface area contributed by atoms with Crippen LogP contribution in [0.25, 0.3) is 0 Å². The van der Waals surface area contributed by atoms with E-state index in [1.165, 1.54) is 18.2 Å². The molecule has 0 radical (unpaired) electrons. The SMILES string of the molecule is Cc1cc(NC(=O)COC(=O)CCCC[C@H]2CCSS2)c([N+](=O)[O-])cc1C. The van der Waals surface area contributed by atoms with E-state index in [4.69, 9.17) is 4.74 Å². The molecule has 1 fully saturated rings. The van der Waals surface area contributed by atoms with Gasteiger partial charge in [-0.05, 0) is 50.3 Å². The Morgan fingerprint density at radius 3 is 2.70 bits per heavy atom. The zero-order chi connectivity index (χ0) is 19.8. The maximum atomic E-state index is 12.0. The number of esters is 1. The average molecular weight is 413 g/mol. The number of ether oxygens (including phenoxy) is 1. The third kappa shape index (κ3) is 7.06. The van der Waals surface area contributed by atoms with Crippen molar-refractivity contribution in [2.45, 2.75) is 51.2 Å².